The molecule has 0 aromatic heterocycles. The molecule has 152 valence electrons. The van der Waals surface area contributed by atoms with Crippen molar-refractivity contribution in [3.05, 3.63) is 35.9 Å². The topological polar surface area (TPSA) is 23.5 Å². The normalized spacial score (nSPS) is 13.4. The summed E-state index contributed by atoms with van der Waals surface area (Å²) >= 11 is 0. The largest absolute Gasteiger partial charge is 0.396 e. The van der Waals surface area contributed by atoms with Crippen LogP contribution in [-0.2, 0) is 5.54 Å². The number of hydrogen-bond donors (Lipinski definition) is 1. The van der Waals surface area contributed by atoms with Crippen LogP contribution in [0.4, 0.5) is 0 Å². The van der Waals surface area contributed by atoms with E-state index in [-0.39, 0.29) is 29.1 Å². The zero-order valence-electron chi connectivity index (χ0n) is 17.4. The van der Waals surface area contributed by atoms with Crippen LogP contribution in [0.5, 0.6) is 0 Å². The zero-order chi connectivity index (χ0) is 18.4. The van der Waals surface area contributed by atoms with Crippen molar-refractivity contribution in [1.29, 1.82) is 0 Å². The third-order valence-corrected chi connectivity index (χ3v) is 5.64. The first-order chi connectivity index (χ1) is 12.2. The summed E-state index contributed by atoms with van der Waals surface area (Å²) in [5.74, 6) is 0. The number of hydrogen-bond acceptors (Lipinski definition) is 2. The Balaban J connectivity index is 0.00000625. The van der Waals surface area contributed by atoms with Crippen molar-refractivity contribution in [2.24, 2.45) is 0 Å². The molecule has 0 saturated carbocycles. The molecule has 3 heteroatoms. The lowest BCUT2D eigenvalue weighted by Gasteiger charge is -2.40. The van der Waals surface area contributed by atoms with Gasteiger partial charge >= 0.3 is 0 Å². The van der Waals surface area contributed by atoms with Crippen LogP contribution in [0, 0.1) is 0 Å². The smallest absolute Gasteiger partial charge is 0.0476 e. The van der Waals surface area contributed by atoms with Crippen LogP contribution in [0.1, 0.15) is 89.5 Å². The highest BCUT2D eigenvalue weighted by Gasteiger charge is 2.33. The first-order valence-electron chi connectivity index (χ1n) is 10.5. The lowest BCUT2D eigenvalue weighted by Crippen LogP contribution is -2.42. The Labute approximate surface area is 173 Å². The Morgan fingerprint density at radius 1 is 0.769 bits per heavy atom. The van der Waals surface area contributed by atoms with Crippen molar-refractivity contribution >= 4 is 17.0 Å². The minimum atomic E-state index is -0.0316. The molecule has 0 aliphatic heterocycles. The Morgan fingerprint density at radius 2 is 1.27 bits per heavy atom. The summed E-state index contributed by atoms with van der Waals surface area (Å²) in [7, 11) is 4.30. The lowest BCUT2D eigenvalue weighted by molar-refractivity contribution is 0.0934. The minimum absolute atomic E-state index is 0. The third-order valence-electron chi connectivity index (χ3n) is 5.64. The predicted octanol–water partition coefficient (Wildman–Crippen LogP) is 6.71. The highest BCUT2D eigenvalue weighted by molar-refractivity contribution is 8.93. The molecule has 26 heavy (non-hydrogen) atoms. The Kier molecular flexibility index (Phi) is 15.4. The first kappa shape index (κ1) is 25.6. The van der Waals surface area contributed by atoms with Gasteiger partial charge in [-0.25, -0.2) is 0 Å². The van der Waals surface area contributed by atoms with Crippen LogP contribution in [-0.4, -0.2) is 30.7 Å². The summed E-state index contributed by atoms with van der Waals surface area (Å²) in [4.78, 5) is 2.31. The second-order valence-electron chi connectivity index (χ2n) is 7.70. The third kappa shape index (κ3) is 9.01. The van der Waals surface area contributed by atoms with Gasteiger partial charge in [-0.3, -0.25) is 4.90 Å². The van der Waals surface area contributed by atoms with Gasteiger partial charge in [0.15, 0.2) is 0 Å². The number of nitrogens with zero attached hydrogens (tertiary/aromatic N) is 1. The van der Waals surface area contributed by atoms with Gasteiger partial charge in [-0.15, -0.1) is 17.0 Å². The number of unbranched alkanes of at least 4 members (excludes halogenated alkanes) is 9. The van der Waals surface area contributed by atoms with E-state index in [1.54, 1.807) is 0 Å². The minimum Gasteiger partial charge on any atom is -0.396 e. The quantitative estimate of drug-likeness (QED) is 0.314. The van der Waals surface area contributed by atoms with E-state index in [9.17, 15) is 5.11 Å². The van der Waals surface area contributed by atoms with Crippen LogP contribution in [0.2, 0.25) is 0 Å². The molecule has 0 spiro atoms. The van der Waals surface area contributed by atoms with E-state index in [4.69, 9.17) is 0 Å². The summed E-state index contributed by atoms with van der Waals surface area (Å²) in [5.41, 5.74) is 1.31. The number of aliphatic hydroxyl groups excluding tert-OH is 1. The van der Waals surface area contributed by atoms with Gasteiger partial charge in [0.1, 0.15) is 0 Å². The van der Waals surface area contributed by atoms with Gasteiger partial charge in [0.2, 0.25) is 0 Å². The monoisotopic (exact) mass is 427 g/mol. The summed E-state index contributed by atoms with van der Waals surface area (Å²) in [6, 6.07) is 10.7. The number of aliphatic hydroxyl groups is 1. The van der Waals surface area contributed by atoms with Gasteiger partial charge in [-0.1, -0.05) is 101 Å². The van der Waals surface area contributed by atoms with Crippen molar-refractivity contribution < 1.29 is 5.11 Å². The second kappa shape index (κ2) is 15.7. The van der Waals surface area contributed by atoms with E-state index in [1.807, 2.05) is 0 Å². The fourth-order valence-electron chi connectivity index (χ4n) is 3.96. The standard InChI is InChI=1S/C23H41NO.BrH/c1-4-5-6-7-8-9-10-11-12-16-19-23(20-21-25,24(2)3)22-17-14-13-15-18-22;/h13-15,17-18,25H,4-12,16,19-21H2,1-3H3;1H. The summed E-state index contributed by atoms with van der Waals surface area (Å²) in [6.45, 7) is 2.52. The van der Waals surface area contributed by atoms with Crippen LogP contribution in [0.25, 0.3) is 0 Å². The maximum atomic E-state index is 9.65. The molecule has 1 N–H and O–H groups in total. The van der Waals surface area contributed by atoms with Crippen LogP contribution in [0.15, 0.2) is 30.3 Å². The average Bonchev–Trinajstić information content (AvgIpc) is 2.63. The summed E-state index contributed by atoms with van der Waals surface area (Å²) < 4.78 is 0. The second-order valence-corrected chi connectivity index (χ2v) is 7.70. The molecule has 1 unspecified atom stereocenters. The van der Waals surface area contributed by atoms with Gasteiger partial charge in [-0.2, -0.15) is 0 Å². The van der Waals surface area contributed by atoms with Crippen molar-refractivity contribution in [3.8, 4) is 0 Å². The fraction of sp³-hybridized carbons (Fsp3) is 0.739. The molecule has 0 aliphatic rings. The molecule has 0 aliphatic carbocycles. The van der Waals surface area contributed by atoms with Gasteiger partial charge in [0.25, 0.3) is 0 Å². The maximum absolute atomic E-state index is 9.65. The van der Waals surface area contributed by atoms with Crippen molar-refractivity contribution in [2.75, 3.05) is 20.7 Å². The average molecular weight is 428 g/mol. The molecule has 1 rings (SSSR count). The van der Waals surface area contributed by atoms with E-state index in [0.29, 0.717) is 0 Å². The number of benzene rings is 1. The van der Waals surface area contributed by atoms with E-state index in [0.717, 1.165) is 12.8 Å². The molecule has 1 aromatic rings. The van der Waals surface area contributed by atoms with E-state index in [1.165, 1.54) is 69.8 Å². The Hall–Kier alpha value is -0.380. The molecule has 1 atom stereocenters. The fourth-order valence-corrected chi connectivity index (χ4v) is 3.96. The Morgan fingerprint density at radius 3 is 1.73 bits per heavy atom. The lowest BCUT2D eigenvalue weighted by atomic mass is 9.81. The van der Waals surface area contributed by atoms with E-state index < -0.39 is 0 Å². The molecular weight excluding hydrogens is 386 g/mol. The Bertz CT molecular complexity index is 423. The van der Waals surface area contributed by atoms with Crippen molar-refractivity contribution in [1.82, 2.24) is 4.90 Å². The van der Waals surface area contributed by atoms with Crippen LogP contribution < -0.4 is 0 Å². The van der Waals surface area contributed by atoms with Gasteiger partial charge in [0, 0.05) is 12.1 Å². The van der Waals surface area contributed by atoms with Crippen molar-refractivity contribution in [2.45, 2.75) is 89.5 Å². The first-order valence-corrected chi connectivity index (χ1v) is 10.5. The van der Waals surface area contributed by atoms with Crippen LogP contribution in [0.3, 0.4) is 0 Å². The summed E-state index contributed by atoms with van der Waals surface area (Å²) in [6.07, 6.45) is 15.6. The molecule has 0 fully saturated rings. The molecular formula is C23H42BrNO. The SMILES string of the molecule is Br.CCCCCCCCCCCCC(CCO)(c1ccccc1)N(C)C. The van der Waals surface area contributed by atoms with Gasteiger partial charge in [0.05, 0.1) is 0 Å². The van der Waals surface area contributed by atoms with Gasteiger partial charge in [-0.05, 0) is 32.5 Å². The molecule has 0 bridgehead atoms. The van der Waals surface area contributed by atoms with E-state index in [2.05, 4.69) is 56.3 Å². The molecule has 2 nitrogen and oxygen atoms in total. The summed E-state index contributed by atoms with van der Waals surface area (Å²) in [5, 5.41) is 9.65. The predicted molar refractivity (Wildman–Crippen MR) is 120 cm³/mol. The molecule has 0 radical (unpaired) electrons. The number of halogens is 1. The van der Waals surface area contributed by atoms with Crippen molar-refractivity contribution in [3.63, 3.8) is 0 Å². The molecule has 1 aromatic carbocycles. The number of rotatable bonds is 15. The molecule has 0 heterocycles. The molecule has 0 amide bonds. The molecule has 0 saturated heterocycles. The van der Waals surface area contributed by atoms with Gasteiger partial charge < -0.3 is 5.11 Å². The highest BCUT2D eigenvalue weighted by Crippen LogP contribution is 2.35. The zero-order valence-corrected chi connectivity index (χ0v) is 19.1. The highest BCUT2D eigenvalue weighted by atomic mass is 79.9. The van der Waals surface area contributed by atoms with E-state index >= 15 is 0 Å². The maximum Gasteiger partial charge on any atom is 0.0476 e. The van der Waals surface area contributed by atoms with Crippen LogP contribution >= 0.6 is 17.0 Å².